The van der Waals surface area contributed by atoms with Gasteiger partial charge in [-0.3, -0.25) is 4.79 Å². The van der Waals surface area contributed by atoms with Crippen LogP contribution in [-0.2, 0) is 11.2 Å². The van der Waals surface area contributed by atoms with Crippen molar-refractivity contribution in [1.29, 1.82) is 0 Å². The predicted molar refractivity (Wildman–Crippen MR) is 104 cm³/mol. The molecule has 25 heavy (non-hydrogen) atoms. The van der Waals surface area contributed by atoms with E-state index in [2.05, 4.69) is 67.7 Å². The van der Waals surface area contributed by atoms with Gasteiger partial charge in [0, 0.05) is 26.2 Å². The Hall–Kier alpha value is -2.13. The summed E-state index contributed by atoms with van der Waals surface area (Å²) in [4.78, 5) is 14.8. The molecule has 1 N–H and O–H groups in total. The van der Waals surface area contributed by atoms with E-state index in [9.17, 15) is 4.79 Å². The van der Waals surface area contributed by atoms with E-state index in [1.165, 1.54) is 22.3 Å². The van der Waals surface area contributed by atoms with Crippen molar-refractivity contribution in [3.8, 4) is 11.1 Å². The molecule has 0 aromatic heterocycles. The van der Waals surface area contributed by atoms with E-state index in [1.807, 2.05) is 4.90 Å². The number of nitrogens with zero attached hydrogens (tertiary/aromatic N) is 1. The van der Waals surface area contributed by atoms with Gasteiger partial charge in [0.1, 0.15) is 0 Å². The van der Waals surface area contributed by atoms with Crippen LogP contribution >= 0.6 is 0 Å². The fraction of sp³-hybridized carbons (Fsp3) is 0.409. The monoisotopic (exact) mass is 336 g/mol. The molecular weight excluding hydrogens is 308 g/mol. The quantitative estimate of drug-likeness (QED) is 0.904. The minimum absolute atomic E-state index is 0.0295. The Labute approximate surface area is 151 Å². The lowest BCUT2D eigenvalue weighted by Crippen LogP contribution is -2.37. The van der Waals surface area contributed by atoms with Crippen LogP contribution in [-0.4, -0.2) is 37.0 Å². The molecule has 0 spiro atoms. The highest BCUT2D eigenvalue weighted by molar-refractivity contribution is 5.80. The first-order valence-corrected chi connectivity index (χ1v) is 9.33. The van der Waals surface area contributed by atoms with Crippen molar-refractivity contribution < 1.29 is 4.79 Å². The van der Waals surface area contributed by atoms with Gasteiger partial charge >= 0.3 is 0 Å². The number of hydrogen-bond donors (Lipinski definition) is 1. The average Bonchev–Trinajstić information content (AvgIpc) is 2.78. The summed E-state index contributed by atoms with van der Waals surface area (Å²) >= 11 is 0. The summed E-state index contributed by atoms with van der Waals surface area (Å²) < 4.78 is 0. The average molecular weight is 336 g/mol. The molecule has 1 saturated heterocycles. The van der Waals surface area contributed by atoms with Crippen molar-refractivity contribution in [2.24, 2.45) is 5.92 Å². The van der Waals surface area contributed by atoms with E-state index >= 15 is 0 Å². The first-order valence-electron chi connectivity index (χ1n) is 9.33. The standard InChI is InChI=1S/C22H28N2O/c1-3-11-24-12-10-23-16-21(22(24)25)15-18-7-5-9-20(14-18)19-8-4-6-17(2)13-19/h4-9,13-14,21,23H,3,10-12,15-16H2,1-2H3. The second kappa shape index (κ2) is 8.30. The number of amides is 1. The summed E-state index contributed by atoms with van der Waals surface area (Å²) in [5.41, 5.74) is 4.96. The van der Waals surface area contributed by atoms with Gasteiger partial charge in [0.05, 0.1) is 5.92 Å². The lowest BCUT2D eigenvalue weighted by molar-refractivity contribution is -0.134. The van der Waals surface area contributed by atoms with E-state index in [0.717, 1.165) is 39.0 Å². The molecule has 1 atom stereocenters. The highest BCUT2D eigenvalue weighted by Gasteiger charge is 2.26. The molecule has 1 fully saturated rings. The molecule has 132 valence electrons. The Kier molecular flexibility index (Phi) is 5.87. The summed E-state index contributed by atoms with van der Waals surface area (Å²) in [6.45, 7) is 7.60. The molecule has 1 aliphatic heterocycles. The second-order valence-corrected chi connectivity index (χ2v) is 7.00. The van der Waals surface area contributed by atoms with Gasteiger partial charge in [-0.2, -0.15) is 0 Å². The number of rotatable bonds is 5. The zero-order valence-corrected chi connectivity index (χ0v) is 15.3. The Morgan fingerprint density at radius 2 is 1.88 bits per heavy atom. The number of benzene rings is 2. The van der Waals surface area contributed by atoms with Crippen molar-refractivity contribution in [3.63, 3.8) is 0 Å². The summed E-state index contributed by atoms with van der Waals surface area (Å²) in [7, 11) is 0. The summed E-state index contributed by atoms with van der Waals surface area (Å²) in [5.74, 6) is 0.328. The largest absolute Gasteiger partial charge is 0.341 e. The Bertz CT molecular complexity index is 725. The Balaban J connectivity index is 1.78. The second-order valence-electron chi connectivity index (χ2n) is 7.00. The van der Waals surface area contributed by atoms with E-state index < -0.39 is 0 Å². The van der Waals surface area contributed by atoms with Gasteiger partial charge in [-0.25, -0.2) is 0 Å². The van der Waals surface area contributed by atoms with Crippen LogP contribution < -0.4 is 5.32 Å². The van der Waals surface area contributed by atoms with Crippen LogP contribution in [0.3, 0.4) is 0 Å². The number of carbonyl (C=O) groups excluding carboxylic acids is 1. The zero-order valence-electron chi connectivity index (χ0n) is 15.3. The highest BCUT2D eigenvalue weighted by Crippen LogP contribution is 2.23. The molecule has 0 saturated carbocycles. The van der Waals surface area contributed by atoms with Crippen LogP contribution in [0.15, 0.2) is 48.5 Å². The molecule has 1 unspecified atom stereocenters. The van der Waals surface area contributed by atoms with E-state index in [4.69, 9.17) is 0 Å². The smallest absolute Gasteiger partial charge is 0.227 e. The zero-order chi connectivity index (χ0) is 17.6. The summed E-state index contributed by atoms with van der Waals surface area (Å²) in [5, 5.41) is 3.43. The highest BCUT2D eigenvalue weighted by atomic mass is 16.2. The molecule has 1 aliphatic rings. The minimum Gasteiger partial charge on any atom is -0.341 e. The lowest BCUT2D eigenvalue weighted by Gasteiger charge is -2.23. The molecule has 3 rings (SSSR count). The molecule has 1 heterocycles. The van der Waals surface area contributed by atoms with Crippen molar-refractivity contribution in [1.82, 2.24) is 10.2 Å². The fourth-order valence-corrected chi connectivity index (χ4v) is 3.58. The maximum Gasteiger partial charge on any atom is 0.227 e. The first kappa shape index (κ1) is 17.7. The van der Waals surface area contributed by atoms with Crippen LogP contribution in [0, 0.1) is 12.8 Å². The number of carbonyl (C=O) groups is 1. The van der Waals surface area contributed by atoms with Crippen LogP contribution in [0.5, 0.6) is 0 Å². The SMILES string of the molecule is CCCN1CCNCC(Cc2cccc(-c3cccc(C)c3)c2)C1=O. The van der Waals surface area contributed by atoms with Crippen molar-refractivity contribution >= 4 is 5.91 Å². The van der Waals surface area contributed by atoms with E-state index in [0.29, 0.717) is 5.91 Å². The minimum atomic E-state index is 0.0295. The maximum atomic E-state index is 12.8. The number of aryl methyl sites for hydroxylation is 1. The van der Waals surface area contributed by atoms with Gasteiger partial charge in [0.2, 0.25) is 5.91 Å². The molecule has 2 aromatic carbocycles. The maximum absolute atomic E-state index is 12.8. The van der Waals surface area contributed by atoms with Crippen LogP contribution in [0.1, 0.15) is 24.5 Å². The summed E-state index contributed by atoms with van der Waals surface area (Å²) in [6, 6.07) is 17.2. The van der Waals surface area contributed by atoms with Crippen LogP contribution in [0.4, 0.5) is 0 Å². The lowest BCUT2D eigenvalue weighted by atomic mass is 9.94. The molecule has 3 nitrogen and oxygen atoms in total. The third kappa shape index (κ3) is 4.49. The number of nitrogens with one attached hydrogen (secondary N) is 1. The van der Waals surface area contributed by atoms with E-state index in [-0.39, 0.29) is 5.92 Å². The van der Waals surface area contributed by atoms with Crippen molar-refractivity contribution in [2.45, 2.75) is 26.7 Å². The van der Waals surface area contributed by atoms with Gasteiger partial charge in [-0.05, 0) is 36.5 Å². The molecule has 0 aliphatic carbocycles. The molecule has 3 heteroatoms. The molecule has 2 aromatic rings. The van der Waals surface area contributed by atoms with Crippen molar-refractivity contribution in [3.05, 3.63) is 59.7 Å². The van der Waals surface area contributed by atoms with Crippen molar-refractivity contribution in [2.75, 3.05) is 26.2 Å². The molecular formula is C22H28N2O. The van der Waals surface area contributed by atoms with E-state index in [1.54, 1.807) is 0 Å². The van der Waals surface area contributed by atoms with Gasteiger partial charge in [0.25, 0.3) is 0 Å². The topological polar surface area (TPSA) is 32.3 Å². The predicted octanol–water partition coefficient (Wildman–Crippen LogP) is 3.66. The first-order chi connectivity index (χ1) is 12.2. The summed E-state index contributed by atoms with van der Waals surface area (Å²) in [6.07, 6.45) is 1.81. The Morgan fingerprint density at radius 1 is 1.12 bits per heavy atom. The molecule has 1 amide bonds. The van der Waals surface area contributed by atoms with Gasteiger partial charge in [-0.1, -0.05) is 61.0 Å². The normalized spacial score (nSPS) is 18.2. The van der Waals surface area contributed by atoms with Crippen LogP contribution in [0.2, 0.25) is 0 Å². The third-order valence-corrected chi connectivity index (χ3v) is 4.86. The van der Waals surface area contributed by atoms with Crippen LogP contribution in [0.25, 0.3) is 11.1 Å². The molecule has 0 radical (unpaired) electrons. The molecule has 0 bridgehead atoms. The third-order valence-electron chi connectivity index (χ3n) is 4.86. The van der Waals surface area contributed by atoms with Gasteiger partial charge in [-0.15, -0.1) is 0 Å². The Morgan fingerprint density at radius 3 is 2.64 bits per heavy atom. The van der Waals surface area contributed by atoms with Gasteiger partial charge in [0.15, 0.2) is 0 Å². The number of hydrogen-bond acceptors (Lipinski definition) is 2. The van der Waals surface area contributed by atoms with Gasteiger partial charge < -0.3 is 10.2 Å². The fourth-order valence-electron chi connectivity index (χ4n) is 3.58.